The van der Waals surface area contributed by atoms with Gasteiger partial charge in [0.2, 0.25) is 5.90 Å². The predicted octanol–water partition coefficient (Wildman–Crippen LogP) is 2.81. The molecule has 0 radical (unpaired) electrons. The van der Waals surface area contributed by atoms with Crippen LogP contribution < -0.4 is 14.2 Å². The SMILES string of the molecule is COc1ccccc1C1=N/C(=C/c2ccc3c(c2)OCCO3)C(=O)O1. The standard InChI is InChI=1S/C19H15NO5/c1-22-15-5-3-2-4-13(15)18-20-14(19(21)25-18)10-12-6-7-16-17(11-12)24-9-8-23-16/h2-7,10-11H,8-9H2,1H3/b14-10+. The molecule has 0 aromatic heterocycles. The third-order valence-electron chi connectivity index (χ3n) is 3.83. The van der Waals surface area contributed by atoms with Crippen LogP contribution in [-0.4, -0.2) is 32.2 Å². The monoisotopic (exact) mass is 337 g/mol. The van der Waals surface area contributed by atoms with E-state index < -0.39 is 5.97 Å². The number of cyclic esters (lactones) is 1. The van der Waals surface area contributed by atoms with Crippen LogP contribution in [0.5, 0.6) is 17.2 Å². The average molecular weight is 337 g/mol. The highest BCUT2D eigenvalue weighted by molar-refractivity contribution is 6.13. The van der Waals surface area contributed by atoms with Crippen LogP contribution in [0.4, 0.5) is 0 Å². The Morgan fingerprint density at radius 1 is 1.08 bits per heavy atom. The van der Waals surface area contributed by atoms with E-state index in [9.17, 15) is 4.79 Å². The van der Waals surface area contributed by atoms with Gasteiger partial charge in [-0.2, -0.15) is 0 Å². The van der Waals surface area contributed by atoms with E-state index in [1.54, 1.807) is 25.3 Å². The fraction of sp³-hybridized carbons (Fsp3) is 0.158. The smallest absolute Gasteiger partial charge is 0.363 e. The van der Waals surface area contributed by atoms with Gasteiger partial charge in [-0.1, -0.05) is 18.2 Å². The second-order valence-electron chi connectivity index (χ2n) is 5.44. The Morgan fingerprint density at radius 3 is 2.72 bits per heavy atom. The van der Waals surface area contributed by atoms with Crippen molar-refractivity contribution in [3.63, 3.8) is 0 Å². The van der Waals surface area contributed by atoms with Gasteiger partial charge in [-0.25, -0.2) is 9.79 Å². The molecular weight excluding hydrogens is 322 g/mol. The summed E-state index contributed by atoms with van der Waals surface area (Å²) in [6, 6.07) is 12.7. The molecule has 0 bridgehead atoms. The lowest BCUT2D eigenvalue weighted by Gasteiger charge is -2.18. The summed E-state index contributed by atoms with van der Waals surface area (Å²) in [5, 5.41) is 0. The van der Waals surface area contributed by atoms with E-state index in [2.05, 4.69) is 4.99 Å². The number of benzene rings is 2. The van der Waals surface area contributed by atoms with Gasteiger partial charge in [0.1, 0.15) is 19.0 Å². The first kappa shape index (κ1) is 15.3. The van der Waals surface area contributed by atoms with Crippen LogP contribution in [0.15, 0.2) is 53.2 Å². The second-order valence-corrected chi connectivity index (χ2v) is 5.44. The number of esters is 1. The van der Waals surface area contributed by atoms with Gasteiger partial charge in [-0.15, -0.1) is 0 Å². The topological polar surface area (TPSA) is 66.3 Å². The lowest BCUT2D eigenvalue weighted by molar-refractivity contribution is -0.129. The predicted molar refractivity (Wildman–Crippen MR) is 91.0 cm³/mol. The average Bonchev–Trinajstić information content (AvgIpc) is 3.02. The Labute approximate surface area is 144 Å². The van der Waals surface area contributed by atoms with Crippen molar-refractivity contribution < 1.29 is 23.7 Å². The number of nitrogens with zero attached hydrogens (tertiary/aromatic N) is 1. The first-order valence-electron chi connectivity index (χ1n) is 7.80. The van der Waals surface area contributed by atoms with Crippen molar-refractivity contribution in [2.24, 2.45) is 4.99 Å². The number of rotatable bonds is 3. The lowest BCUT2D eigenvalue weighted by Crippen LogP contribution is -2.15. The molecule has 0 spiro atoms. The molecule has 2 aromatic carbocycles. The number of hydrogen-bond donors (Lipinski definition) is 0. The van der Waals surface area contributed by atoms with E-state index in [-0.39, 0.29) is 11.6 Å². The normalized spacial score (nSPS) is 17.2. The molecule has 0 saturated heterocycles. The Morgan fingerprint density at radius 2 is 1.88 bits per heavy atom. The Bertz CT molecular complexity index is 900. The summed E-state index contributed by atoms with van der Waals surface area (Å²) in [6.07, 6.45) is 1.66. The van der Waals surface area contributed by atoms with E-state index in [0.29, 0.717) is 36.0 Å². The van der Waals surface area contributed by atoms with Crippen LogP contribution in [-0.2, 0) is 9.53 Å². The van der Waals surface area contributed by atoms with Crippen molar-refractivity contribution in [1.82, 2.24) is 0 Å². The zero-order valence-corrected chi connectivity index (χ0v) is 13.5. The molecule has 25 heavy (non-hydrogen) atoms. The zero-order valence-electron chi connectivity index (χ0n) is 13.5. The van der Waals surface area contributed by atoms with Gasteiger partial charge in [-0.3, -0.25) is 0 Å². The highest BCUT2D eigenvalue weighted by Crippen LogP contribution is 2.32. The van der Waals surface area contributed by atoms with Crippen molar-refractivity contribution in [1.29, 1.82) is 0 Å². The number of hydrogen-bond acceptors (Lipinski definition) is 6. The van der Waals surface area contributed by atoms with E-state index in [4.69, 9.17) is 18.9 Å². The number of para-hydroxylation sites is 1. The molecule has 2 aliphatic rings. The number of carbonyl (C=O) groups is 1. The number of aliphatic imine (C=N–C) groups is 1. The van der Waals surface area contributed by atoms with Crippen LogP contribution in [0.2, 0.25) is 0 Å². The molecule has 0 fully saturated rings. The molecule has 0 aliphatic carbocycles. The van der Waals surface area contributed by atoms with Crippen LogP contribution in [0.1, 0.15) is 11.1 Å². The molecule has 2 aliphatic heterocycles. The summed E-state index contributed by atoms with van der Waals surface area (Å²) in [7, 11) is 1.56. The molecule has 0 saturated carbocycles. The minimum Gasteiger partial charge on any atom is -0.496 e. The molecule has 0 unspecified atom stereocenters. The quantitative estimate of drug-likeness (QED) is 0.636. The largest absolute Gasteiger partial charge is 0.496 e. The van der Waals surface area contributed by atoms with Crippen molar-refractivity contribution in [2.75, 3.05) is 20.3 Å². The first-order chi connectivity index (χ1) is 12.2. The van der Waals surface area contributed by atoms with Gasteiger partial charge >= 0.3 is 5.97 Å². The maximum atomic E-state index is 12.1. The van der Waals surface area contributed by atoms with Crippen LogP contribution in [0.3, 0.4) is 0 Å². The highest BCUT2D eigenvalue weighted by Gasteiger charge is 2.26. The Hall–Kier alpha value is -3.28. The molecule has 126 valence electrons. The summed E-state index contributed by atoms with van der Waals surface area (Å²) >= 11 is 0. The maximum Gasteiger partial charge on any atom is 0.363 e. The van der Waals surface area contributed by atoms with Crippen molar-refractivity contribution in [3.05, 3.63) is 59.3 Å². The minimum absolute atomic E-state index is 0.220. The van der Waals surface area contributed by atoms with Crippen LogP contribution in [0.25, 0.3) is 6.08 Å². The van der Waals surface area contributed by atoms with E-state index >= 15 is 0 Å². The van der Waals surface area contributed by atoms with Gasteiger partial charge in [0, 0.05) is 0 Å². The van der Waals surface area contributed by atoms with Crippen molar-refractivity contribution >= 4 is 17.9 Å². The van der Waals surface area contributed by atoms with Gasteiger partial charge < -0.3 is 18.9 Å². The molecule has 4 rings (SSSR count). The van der Waals surface area contributed by atoms with Crippen molar-refractivity contribution in [3.8, 4) is 17.2 Å². The molecule has 6 heteroatoms. The summed E-state index contributed by atoms with van der Waals surface area (Å²) in [5.41, 5.74) is 1.63. The number of ether oxygens (including phenoxy) is 4. The highest BCUT2D eigenvalue weighted by atomic mass is 16.6. The number of fused-ring (bicyclic) bond motifs is 1. The zero-order chi connectivity index (χ0) is 17.2. The van der Waals surface area contributed by atoms with E-state index in [0.717, 1.165) is 5.56 Å². The van der Waals surface area contributed by atoms with Crippen LogP contribution >= 0.6 is 0 Å². The fourth-order valence-corrected chi connectivity index (χ4v) is 2.65. The minimum atomic E-state index is -0.504. The van der Waals surface area contributed by atoms with Crippen LogP contribution in [0, 0.1) is 0 Å². The molecule has 2 heterocycles. The first-order valence-corrected chi connectivity index (χ1v) is 7.80. The van der Waals surface area contributed by atoms with E-state index in [1.165, 1.54) is 0 Å². The molecule has 0 atom stereocenters. The molecule has 0 amide bonds. The van der Waals surface area contributed by atoms with Gasteiger partial charge in [0.05, 0.1) is 12.7 Å². The maximum absolute atomic E-state index is 12.1. The third kappa shape index (κ3) is 2.94. The van der Waals surface area contributed by atoms with Crippen molar-refractivity contribution in [2.45, 2.75) is 0 Å². The molecular formula is C19H15NO5. The number of carbonyl (C=O) groups excluding carboxylic acids is 1. The van der Waals surface area contributed by atoms with Gasteiger partial charge in [0.25, 0.3) is 0 Å². The fourth-order valence-electron chi connectivity index (χ4n) is 2.65. The summed E-state index contributed by atoms with van der Waals surface area (Å²) < 4.78 is 21.6. The van der Waals surface area contributed by atoms with Gasteiger partial charge in [-0.05, 0) is 35.9 Å². The lowest BCUT2D eigenvalue weighted by atomic mass is 10.1. The second kappa shape index (κ2) is 6.32. The third-order valence-corrected chi connectivity index (χ3v) is 3.83. The number of methoxy groups -OCH3 is 1. The molecule has 2 aromatic rings. The van der Waals surface area contributed by atoms with Gasteiger partial charge in [0.15, 0.2) is 17.2 Å². The summed E-state index contributed by atoms with van der Waals surface area (Å²) in [4.78, 5) is 16.5. The Balaban J connectivity index is 1.67. The molecule has 0 N–H and O–H groups in total. The summed E-state index contributed by atoms with van der Waals surface area (Å²) in [5.74, 6) is 1.66. The molecule has 6 nitrogen and oxygen atoms in total. The summed E-state index contributed by atoms with van der Waals surface area (Å²) in [6.45, 7) is 1.04. The van der Waals surface area contributed by atoms with E-state index in [1.807, 2.05) is 30.3 Å². The Kier molecular flexibility index (Phi) is 3.85.